The van der Waals surface area contributed by atoms with Crippen molar-refractivity contribution >= 4 is 11.9 Å². The van der Waals surface area contributed by atoms with Gasteiger partial charge in [0.25, 0.3) is 0 Å². The number of likely N-dealkylation sites (N-methyl/N-ethyl adjacent to an activating group) is 1. The van der Waals surface area contributed by atoms with Gasteiger partial charge in [-0.15, -0.1) is 0 Å². The van der Waals surface area contributed by atoms with Gasteiger partial charge in [0, 0.05) is 6.54 Å². The topological polar surface area (TPSA) is 79.8 Å². The molecule has 6 nitrogen and oxygen atoms in total. The second kappa shape index (κ2) is 5.11. The standard InChI is InChI=1S/C8H13N5O/c1-3-10-7(14)6(2)13-8-11-4-9-5-12-8/h4-6H,3H2,1-2H3,(H,10,14)(H,9,11,12,13). The van der Waals surface area contributed by atoms with Crippen LogP contribution >= 0.6 is 0 Å². The molecule has 0 aliphatic rings. The Morgan fingerprint density at radius 1 is 1.50 bits per heavy atom. The highest BCUT2D eigenvalue weighted by Gasteiger charge is 2.11. The molecule has 0 aromatic carbocycles. The molecule has 0 aliphatic carbocycles. The predicted octanol–water partition coefficient (Wildman–Crippen LogP) is -0.192. The number of carbonyl (C=O) groups is 1. The van der Waals surface area contributed by atoms with Gasteiger partial charge >= 0.3 is 0 Å². The molecule has 0 saturated heterocycles. The fourth-order valence-corrected chi connectivity index (χ4v) is 0.900. The van der Waals surface area contributed by atoms with Crippen LogP contribution in [-0.2, 0) is 4.79 Å². The molecule has 6 heteroatoms. The third kappa shape index (κ3) is 2.96. The molecule has 0 bridgehead atoms. The number of aromatic nitrogens is 3. The molecule has 0 saturated carbocycles. The Morgan fingerprint density at radius 3 is 2.71 bits per heavy atom. The van der Waals surface area contributed by atoms with Crippen LogP contribution in [0.2, 0.25) is 0 Å². The van der Waals surface area contributed by atoms with Crippen molar-refractivity contribution in [1.82, 2.24) is 20.3 Å². The Balaban J connectivity index is 2.49. The van der Waals surface area contributed by atoms with Gasteiger partial charge < -0.3 is 10.6 Å². The minimum Gasteiger partial charge on any atom is -0.355 e. The Kier molecular flexibility index (Phi) is 3.78. The second-order valence-corrected chi connectivity index (χ2v) is 2.72. The summed E-state index contributed by atoms with van der Waals surface area (Å²) in [7, 11) is 0. The molecule has 1 rings (SSSR count). The number of hydrogen-bond acceptors (Lipinski definition) is 5. The lowest BCUT2D eigenvalue weighted by molar-refractivity contribution is -0.121. The van der Waals surface area contributed by atoms with E-state index in [-0.39, 0.29) is 11.9 Å². The van der Waals surface area contributed by atoms with E-state index in [2.05, 4.69) is 25.6 Å². The van der Waals surface area contributed by atoms with E-state index in [0.717, 1.165) is 0 Å². The SMILES string of the molecule is CCNC(=O)C(C)Nc1ncncn1. The van der Waals surface area contributed by atoms with E-state index in [1.165, 1.54) is 12.7 Å². The van der Waals surface area contributed by atoms with Crippen molar-refractivity contribution in [2.75, 3.05) is 11.9 Å². The zero-order valence-electron chi connectivity index (χ0n) is 8.19. The number of rotatable bonds is 4. The number of hydrogen-bond donors (Lipinski definition) is 2. The summed E-state index contributed by atoms with van der Waals surface area (Å²) in [5, 5.41) is 5.55. The van der Waals surface area contributed by atoms with Gasteiger partial charge in [-0.25, -0.2) is 15.0 Å². The second-order valence-electron chi connectivity index (χ2n) is 2.72. The summed E-state index contributed by atoms with van der Waals surface area (Å²) < 4.78 is 0. The van der Waals surface area contributed by atoms with Crippen LogP contribution in [0.25, 0.3) is 0 Å². The maximum absolute atomic E-state index is 11.3. The first-order chi connectivity index (χ1) is 6.74. The molecule has 14 heavy (non-hydrogen) atoms. The number of anilines is 1. The van der Waals surface area contributed by atoms with E-state index < -0.39 is 0 Å². The lowest BCUT2D eigenvalue weighted by Gasteiger charge is -2.12. The molecule has 1 atom stereocenters. The van der Waals surface area contributed by atoms with Crippen molar-refractivity contribution in [3.63, 3.8) is 0 Å². The molecule has 76 valence electrons. The van der Waals surface area contributed by atoms with Gasteiger partial charge in [0.15, 0.2) is 0 Å². The van der Waals surface area contributed by atoms with Gasteiger partial charge in [-0.1, -0.05) is 0 Å². The maximum Gasteiger partial charge on any atom is 0.242 e. The highest BCUT2D eigenvalue weighted by atomic mass is 16.2. The van der Waals surface area contributed by atoms with E-state index in [1.54, 1.807) is 6.92 Å². The van der Waals surface area contributed by atoms with Gasteiger partial charge in [-0.05, 0) is 13.8 Å². The largest absolute Gasteiger partial charge is 0.355 e. The molecule has 0 aliphatic heterocycles. The number of nitrogens with zero attached hydrogens (tertiary/aromatic N) is 3. The minimum atomic E-state index is -0.350. The van der Waals surface area contributed by atoms with Crippen LogP contribution in [-0.4, -0.2) is 33.4 Å². The van der Waals surface area contributed by atoms with Crippen LogP contribution in [0, 0.1) is 0 Å². The average Bonchev–Trinajstić information content (AvgIpc) is 2.19. The number of amides is 1. The Labute approximate surface area is 82.2 Å². The maximum atomic E-state index is 11.3. The molecule has 1 amide bonds. The summed E-state index contributed by atoms with van der Waals surface area (Å²) in [6, 6.07) is -0.350. The molecule has 0 spiro atoms. The predicted molar refractivity (Wildman–Crippen MR) is 51.6 cm³/mol. The summed E-state index contributed by atoms with van der Waals surface area (Å²) in [6.07, 6.45) is 2.75. The van der Waals surface area contributed by atoms with Crippen molar-refractivity contribution in [1.29, 1.82) is 0 Å². The highest BCUT2D eigenvalue weighted by Crippen LogP contribution is 1.96. The summed E-state index contributed by atoms with van der Waals surface area (Å²) in [6.45, 7) is 4.23. The summed E-state index contributed by atoms with van der Waals surface area (Å²) in [5.41, 5.74) is 0. The van der Waals surface area contributed by atoms with E-state index in [9.17, 15) is 4.79 Å². The number of nitrogens with one attached hydrogen (secondary N) is 2. The monoisotopic (exact) mass is 195 g/mol. The van der Waals surface area contributed by atoms with Gasteiger partial charge in [-0.3, -0.25) is 4.79 Å². The minimum absolute atomic E-state index is 0.0760. The lowest BCUT2D eigenvalue weighted by Crippen LogP contribution is -2.37. The summed E-state index contributed by atoms with van der Waals surface area (Å²) in [5.74, 6) is 0.326. The Hall–Kier alpha value is -1.72. The van der Waals surface area contributed by atoms with Gasteiger partial charge in [-0.2, -0.15) is 0 Å². The van der Waals surface area contributed by atoms with Gasteiger partial charge in [0.05, 0.1) is 0 Å². The van der Waals surface area contributed by atoms with Crippen molar-refractivity contribution in [2.24, 2.45) is 0 Å². The first kappa shape index (κ1) is 10.4. The fourth-order valence-electron chi connectivity index (χ4n) is 0.900. The normalized spacial score (nSPS) is 11.9. The smallest absolute Gasteiger partial charge is 0.242 e. The molecule has 1 aromatic heterocycles. The van der Waals surface area contributed by atoms with Crippen molar-refractivity contribution in [3.8, 4) is 0 Å². The van der Waals surface area contributed by atoms with E-state index in [1.807, 2.05) is 6.92 Å². The molecule has 1 unspecified atom stereocenters. The van der Waals surface area contributed by atoms with Gasteiger partial charge in [0.1, 0.15) is 18.7 Å². The summed E-state index contributed by atoms with van der Waals surface area (Å²) >= 11 is 0. The lowest BCUT2D eigenvalue weighted by atomic mass is 10.3. The summed E-state index contributed by atoms with van der Waals surface area (Å²) in [4.78, 5) is 22.7. The Bertz CT molecular complexity index is 289. The molecule has 0 fully saturated rings. The molecule has 2 N–H and O–H groups in total. The quantitative estimate of drug-likeness (QED) is 0.696. The molecule has 1 aromatic rings. The van der Waals surface area contributed by atoms with Crippen LogP contribution in [0.1, 0.15) is 13.8 Å². The number of carbonyl (C=O) groups excluding carboxylic acids is 1. The van der Waals surface area contributed by atoms with Crippen molar-refractivity contribution in [2.45, 2.75) is 19.9 Å². The third-order valence-electron chi connectivity index (χ3n) is 1.58. The van der Waals surface area contributed by atoms with E-state index in [0.29, 0.717) is 12.5 Å². The van der Waals surface area contributed by atoms with Crippen LogP contribution < -0.4 is 10.6 Å². The Morgan fingerprint density at radius 2 is 2.14 bits per heavy atom. The zero-order chi connectivity index (χ0) is 10.4. The highest BCUT2D eigenvalue weighted by molar-refractivity contribution is 5.83. The molecular formula is C8H13N5O. The van der Waals surface area contributed by atoms with Crippen LogP contribution in [0.15, 0.2) is 12.7 Å². The van der Waals surface area contributed by atoms with Crippen LogP contribution in [0.5, 0.6) is 0 Å². The zero-order valence-corrected chi connectivity index (χ0v) is 8.19. The fraction of sp³-hybridized carbons (Fsp3) is 0.500. The van der Waals surface area contributed by atoms with E-state index in [4.69, 9.17) is 0 Å². The molecular weight excluding hydrogens is 182 g/mol. The molecule has 1 heterocycles. The molecule has 0 radical (unpaired) electrons. The first-order valence-electron chi connectivity index (χ1n) is 4.40. The van der Waals surface area contributed by atoms with Crippen LogP contribution in [0.3, 0.4) is 0 Å². The van der Waals surface area contributed by atoms with Crippen LogP contribution in [0.4, 0.5) is 5.95 Å². The third-order valence-corrected chi connectivity index (χ3v) is 1.58. The van der Waals surface area contributed by atoms with E-state index >= 15 is 0 Å². The van der Waals surface area contributed by atoms with Gasteiger partial charge in [0.2, 0.25) is 11.9 Å². The van der Waals surface area contributed by atoms with Crippen molar-refractivity contribution in [3.05, 3.63) is 12.7 Å². The average molecular weight is 195 g/mol. The van der Waals surface area contributed by atoms with Crippen molar-refractivity contribution < 1.29 is 4.79 Å². The first-order valence-corrected chi connectivity index (χ1v) is 4.40.